The molecule has 0 aliphatic heterocycles. The van der Waals surface area contributed by atoms with Crippen LogP contribution in [0.2, 0.25) is 0 Å². The first-order chi connectivity index (χ1) is 13.4. The molecule has 1 heterocycles. The maximum atomic E-state index is 12.6. The minimum Gasteiger partial charge on any atom is -0.302 e. The largest absolute Gasteiger partial charge is 0.302 e. The third-order valence-corrected chi connectivity index (χ3v) is 7.32. The van der Waals surface area contributed by atoms with E-state index in [1.165, 1.54) is 15.6 Å². The highest BCUT2D eigenvalue weighted by molar-refractivity contribution is 7.89. The highest BCUT2D eigenvalue weighted by Gasteiger charge is 2.21. The third kappa shape index (κ3) is 5.86. The number of benzene rings is 1. The van der Waals surface area contributed by atoms with Gasteiger partial charge in [0.2, 0.25) is 15.9 Å². The first kappa shape index (κ1) is 22.5. The Morgan fingerprint density at radius 3 is 2.36 bits per heavy atom. The Bertz CT molecular complexity index is 857. The van der Waals surface area contributed by atoms with Crippen LogP contribution in [0.3, 0.4) is 0 Å². The Kier molecular flexibility index (Phi) is 8.59. The number of carbonyl (C=O) groups excluding carboxylic acids is 1. The minimum absolute atomic E-state index is 0.0160. The van der Waals surface area contributed by atoms with E-state index in [-0.39, 0.29) is 10.8 Å². The highest BCUT2D eigenvalue weighted by atomic mass is 32.2. The molecule has 1 aromatic carbocycles. The molecule has 0 aliphatic rings. The van der Waals surface area contributed by atoms with E-state index in [0.29, 0.717) is 24.6 Å². The van der Waals surface area contributed by atoms with Gasteiger partial charge in [-0.25, -0.2) is 13.4 Å². The first-order valence-corrected chi connectivity index (χ1v) is 12.1. The lowest BCUT2D eigenvalue weighted by atomic mass is 10.1. The number of sulfonamides is 1. The van der Waals surface area contributed by atoms with Crippen LogP contribution >= 0.6 is 11.3 Å². The van der Waals surface area contributed by atoms with E-state index in [1.54, 1.807) is 24.3 Å². The molecule has 0 fully saturated rings. The van der Waals surface area contributed by atoms with Gasteiger partial charge < -0.3 is 5.32 Å². The predicted octanol–water partition coefficient (Wildman–Crippen LogP) is 4.75. The number of rotatable bonds is 11. The molecule has 1 aromatic heterocycles. The molecule has 1 amide bonds. The van der Waals surface area contributed by atoms with Gasteiger partial charge in [0.05, 0.1) is 10.6 Å². The van der Waals surface area contributed by atoms with Crippen molar-refractivity contribution in [2.24, 2.45) is 0 Å². The predicted molar refractivity (Wildman–Crippen MR) is 115 cm³/mol. The number of amides is 1. The average Bonchev–Trinajstić information content (AvgIpc) is 3.14. The molecule has 2 rings (SSSR count). The summed E-state index contributed by atoms with van der Waals surface area (Å²) in [4.78, 5) is 16.7. The van der Waals surface area contributed by atoms with E-state index in [1.807, 2.05) is 19.2 Å². The molecule has 1 N–H and O–H groups in total. The SMILES string of the molecule is CCCCCCC(=O)Nc1nc(-c2ccc(S(=O)(=O)N(CC)CC)cc2)cs1. The Balaban J connectivity index is 2.02. The van der Waals surface area contributed by atoms with Gasteiger partial charge in [0, 0.05) is 30.5 Å². The summed E-state index contributed by atoms with van der Waals surface area (Å²) >= 11 is 1.37. The van der Waals surface area contributed by atoms with Gasteiger partial charge in [0.25, 0.3) is 0 Å². The van der Waals surface area contributed by atoms with Crippen molar-refractivity contribution in [2.45, 2.75) is 57.8 Å². The number of thiazole rings is 1. The van der Waals surface area contributed by atoms with E-state index in [2.05, 4.69) is 17.2 Å². The number of nitrogens with one attached hydrogen (secondary N) is 1. The van der Waals surface area contributed by atoms with Crippen molar-refractivity contribution in [3.8, 4) is 11.3 Å². The van der Waals surface area contributed by atoms with Crippen molar-refractivity contribution >= 4 is 32.4 Å². The topological polar surface area (TPSA) is 79.4 Å². The van der Waals surface area contributed by atoms with E-state index in [4.69, 9.17) is 0 Å². The summed E-state index contributed by atoms with van der Waals surface area (Å²) in [5, 5.41) is 5.27. The molecule has 8 heteroatoms. The number of unbranched alkanes of at least 4 members (excludes halogenated alkanes) is 3. The number of carbonyl (C=O) groups is 1. The molecular formula is C20H29N3O3S2. The van der Waals surface area contributed by atoms with Crippen molar-refractivity contribution in [2.75, 3.05) is 18.4 Å². The summed E-state index contributed by atoms with van der Waals surface area (Å²) in [5.74, 6) is -0.0160. The smallest absolute Gasteiger partial charge is 0.243 e. The second kappa shape index (κ2) is 10.7. The van der Waals surface area contributed by atoms with E-state index >= 15 is 0 Å². The molecule has 0 aliphatic carbocycles. The van der Waals surface area contributed by atoms with Gasteiger partial charge >= 0.3 is 0 Å². The van der Waals surface area contributed by atoms with E-state index in [0.717, 1.165) is 36.9 Å². The molecular weight excluding hydrogens is 394 g/mol. The molecule has 0 unspecified atom stereocenters. The van der Waals surface area contributed by atoms with Crippen LogP contribution in [-0.4, -0.2) is 36.7 Å². The number of anilines is 1. The van der Waals surface area contributed by atoms with Gasteiger partial charge in [0.15, 0.2) is 5.13 Å². The van der Waals surface area contributed by atoms with E-state index in [9.17, 15) is 13.2 Å². The summed E-state index contributed by atoms with van der Waals surface area (Å²) < 4.78 is 26.5. The lowest BCUT2D eigenvalue weighted by Crippen LogP contribution is -2.30. The van der Waals surface area contributed by atoms with Crippen LogP contribution in [0.15, 0.2) is 34.5 Å². The summed E-state index contributed by atoms with van der Waals surface area (Å²) in [6.45, 7) is 6.67. The Hall–Kier alpha value is -1.77. The van der Waals surface area contributed by atoms with E-state index < -0.39 is 10.0 Å². The minimum atomic E-state index is -3.47. The lowest BCUT2D eigenvalue weighted by Gasteiger charge is -2.18. The molecule has 0 saturated carbocycles. The zero-order valence-corrected chi connectivity index (χ0v) is 18.4. The quantitative estimate of drug-likeness (QED) is 0.529. The summed E-state index contributed by atoms with van der Waals surface area (Å²) in [7, 11) is -3.47. The van der Waals surface area contributed by atoms with Gasteiger partial charge in [-0.2, -0.15) is 4.31 Å². The number of hydrogen-bond donors (Lipinski definition) is 1. The fraction of sp³-hybridized carbons (Fsp3) is 0.500. The molecule has 0 spiro atoms. The van der Waals surface area contributed by atoms with Crippen LogP contribution in [0.5, 0.6) is 0 Å². The number of nitrogens with zero attached hydrogens (tertiary/aromatic N) is 2. The third-order valence-electron chi connectivity index (χ3n) is 4.50. The van der Waals surface area contributed by atoms with Gasteiger partial charge in [0.1, 0.15) is 0 Å². The zero-order chi connectivity index (χ0) is 20.6. The molecule has 6 nitrogen and oxygen atoms in total. The van der Waals surface area contributed by atoms with Crippen molar-refractivity contribution in [1.82, 2.24) is 9.29 Å². The standard InChI is InChI=1S/C20H29N3O3S2/c1-4-7-8-9-10-19(24)22-20-21-18(15-27-20)16-11-13-17(14-12-16)28(25,26)23(5-2)6-3/h11-15H,4-10H2,1-3H3,(H,21,22,24). The van der Waals surface area contributed by atoms with Crippen molar-refractivity contribution in [1.29, 1.82) is 0 Å². The number of hydrogen-bond acceptors (Lipinski definition) is 5. The normalized spacial score (nSPS) is 11.7. The Morgan fingerprint density at radius 2 is 1.75 bits per heavy atom. The van der Waals surface area contributed by atoms with Crippen LogP contribution in [0.25, 0.3) is 11.3 Å². The fourth-order valence-electron chi connectivity index (χ4n) is 2.87. The van der Waals surface area contributed by atoms with Crippen molar-refractivity contribution in [3.63, 3.8) is 0 Å². The summed E-state index contributed by atoms with van der Waals surface area (Å²) in [5.41, 5.74) is 1.54. The second-order valence-electron chi connectivity index (χ2n) is 6.51. The van der Waals surface area contributed by atoms with Gasteiger partial charge in [-0.05, 0) is 18.6 Å². The van der Waals surface area contributed by atoms with Crippen LogP contribution < -0.4 is 5.32 Å². The maximum absolute atomic E-state index is 12.6. The molecule has 0 bridgehead atoms. The molecule has 154 valence electrons. The van der Waals surface area contributed by atoms with Crippen LogP contribution in [0.1, 0.15) is 52.9 Å². The first-order valence-electron chi connectivity index (χ1n) is 9.78. The maximum Gasteiger partial charge on any atom is 0.243 e. The molecule has 2 aromatic rings. The zero-order valence-electron chi connectivity index (χ0n) is 16.8. The second-order valence-corrected chi connectivity index (χ2v) is 9.31. The summed E-state index contributed by atoms with van der Waals surface area (Å²) in [6.07, 6.45) is 4.75. The van der Waals surface area contributed by atoms with Gasteiger partial charge in [-0.3, -0.25) is 4.79 Å². The molecule has 0 radical (unpaired) electrons. The van der Waals surface area contributed by atoms with Crippen molar-refractivity contribution < 1.29 is 13.2 Å². The molecule has 0 atom stereocenters. The fourth-order valence-corrected chi connectivity index (χ4v) is 5.06. The van der Waals surface area contributed by atoms with Crippen molar-refractivity contribution in [3.05, 3.63) is 29.6 Å². The number of aromatic nitrogens is 1. The highest BCUT2D eigenvalue weighted by Crippen LogP contribution is 2.27. The summed E-state index contributed by atoms with van der Waals surface area (Å²) in [6, 6.07) is 6.71. The van der Waals surface area contributed by atoms with Gasteiger partial charge in [-0.1, -0.05) is 52.2 Å². The molecule has 0 saturated heterocycles. The van der Waals surface area contributed by atoms with Crippen LogP contribution in [0, 0.1) is 0 Å². The monoisotopic (exact) mass is 423 g/mol. The Labute approximate surface area is 172 Å². The molecule has 28 heavy (non-hydrogen) atoms. The van der Waals surface area contributed by atoms with Crippen LogP contribution in [-0.2, 0) is 14.8 Å². The lowest BCUT2D eigenvalue weighted by molar-refractivity contribution is -0.116. The average molecular weight is 424 g/mol. The van der Waals surface area contributed by atoms with Gasteiger partial charge in [-0.15, -0.1) is 11.3 Å². The van der Waals surface area contributed by atoms with Crippen LogP contribution in [0.4, 0.5) is 5.13 Å². The Morgan fingerprint density at radius 1 is 1.07 bits per heavy atom.